The predicted octanol–water partition coefficient (Wildman–Crippen LogP) is 3.44. The Bertz CT molecular complexity index is 832. The molecule has 0 aliphatic carbocycles. The van der Waals surface area contributed by atoms with Crippen LogP contribution in [0, 0.1) is 9.39 Å². The number of hydroxylamine groups is 1. The van der Waals surface area contributed by atoms with E-state index >= 15 is 0 Å². The molecule has 0 aliphatic heterocycles. The number of methoxy groups -OCH3 is 1. The molecule has 0 unspecified atom stereocenters. The summed E-state index contributed by atoms with van der Waals surface area (Å²) in [5, 5.41) is 5.90. The summed E-state index contributed by atoms with van der Waals surface area (Å²) < 4.78 is 19.4. The number of anilines is 3. The number of esters is 1. The molecule has 0 saturated carbocycles. The molecule has 0 atom stereocenters. The first-order valence-electron chi connectivity index (χ1n) is 7.97. The van der Waals surface area contributed by atoms with Crippen LogP contribution < -0.4 is 16.1 Å². The third kappa shape index (κ3) is 6.07. The highest BCUT2D eigenvalue weighted by atomic mass is 127. The van der Waals surface area contributed by atoms with Crippen LogP contribution in [0.25, 0.3) is 0 Å². The third-order valence-electron chi connectivity index (χ3n) is 3.55. The largest absolute Gasteiger partial charge is 0.469 e. The average molecular weight is 487 g/mol. The van der Waals surface area contributed by atoms with Crippen molar-refractivity contribution in [2.24, 2.45) is 0 Å². The Labute approximate surface area is 169 Å². The SMILES string of the molecule is CNc1ccc(C(=O)NOCCC(=O)OC)c(Nc2ccc(I)cc2F)c1. The number of carbonyl (C=O) groups excluding carboxylic acids is 2. The second kappa shape index (κ2) is 10.1. The minimum Gasteiger partial charge on any atom is -0.469 e. The van der Waals surface area contributed by atoms with Crippen molar-refractivity contribution in [1.29, 1.82) is 0 Å². The van der Waals surface area contributed by atoms with E-state index in [-0.39, 0.29) is 24.3 Å². The molecule has 0 bridgehead atoms. The summed E-state index contributed by atoms with van der Waals surface area (Å²) in [4.78, 5) is 28.4. The smallest absolute Gasteiger partial charge is 0.307 e. The van der Waals surface area contributed by atoms with Gasteiger partial charge in [-0.05, 0) is 59.0 Å². The van der Waals surface area contributed by atoms with Crippen LogP contribution >= 0.6 is 22.6 Å². The highest BCUT2D eigenvalue weighted by Gasteiger charge is 2.14. The lowest BCUT2D eigenvalue weighted by molar-refractivity contribution is -0.142. The number of benzene rings is 2. The third-order valence-corrected chi connectivity index (χ3v) is 4.23. The predicted molar refractivity (Wildman–Crippen MR) is 108 cm³/mol. The second-order valence-corrected chi connectivity index (χ2v) is 6.61. The lowest BCUT2D eigenvalue weighted by Crippen LogP contribution is -2.26. The molecule has 0 heterocycles. The van der Waals surface area contributed by atoms with Crippen molar-refractivity contribution in [2.75, 3.05) is 31.4 Å². The van der Waals surface area contributed by atoms with Crippen molar-refractivity contribution >= 4 is 51.5 Å². The molecule has 1 amide bonds. The number of rotatable bonds is 8. The van der Waals surface area contributed by atoms with Crippen LogP contribution in [0.2, 0.25) is 0 Å². The standard InChI is InChI=1S/C18H19FIN3O4/c1-21-12-4-5-13(18(25)23-27-8-7-17(24)26-2)16(10-12)22-15-6-3-11(20)9-14(15)19/h3-6,9-10,21-22H,7-8H2,1-2H3,(H,23,25). The van der Waals surface area contributed by atoms with Gasteiger partial charge in [-0.25, -0.2) is 9.87 Å². The number of hydrogen-bond donors (Lipinski definition) is 3. The highest BCUT2D eigenvalue weighted by molar-refractivity contribution is 14.1. The van der Waals surface area contributed by atoms with Crippen LogP contribution in [-0.2, 0) is 14.4 Å². The lowest BCUT2D eigenvalue weighted by Gasteiger charge is -2.14. The zero-order chi connectivity index (χ0) is 19.8. The second-order valence-electron chi connectivity index (χ2n) is 5.37. The maximum absolute atomic E-state index is 14.2. The number of ether oxygens (including phenoxy) is 1. The normalized spacial score (nSPS) is 10.2. The van der Waals surface area contributed by atoms with Gasteiger partial charge in [0.05, 0.1) is 37.1 Å². The summed E-state index contributed by atoms with van der Waals surface area (Å²) >= 11 is 2.02. The van der Waals surface area contributed by atoms with Crippen LogP contribution in [0.1, 0.15) is 16.8 Å². The van der Waals surface area contributed by atoms with Gasteiger partial charge in [0.15, 0.2) is 0 Å². The van der Waals surface area contributed by atoms with Crippen LogP contribution in [0.3, 0.4) is 0 Å². The molecule has 27 heavy (non-hydrogen) atoms. The van der Waals surface area contributed by atoms with Gasteiger partial charge in [0.1, 0.15) is 5.82 Å². The molecule has 0 aliphatic rings. The van der Waals surface area contributed by atoms with E-state index in [2.05, 4.69) is 20.9 Å². The molecule has 0 aromatic heterocycles. The van der Waals surface area contributed by atoms with Crippen molar-refractivity contribution in [3.63, 3.8) is 0 Å². The van der Waals surface area contributed by atoms with Gasteiger partial charge in [-0.15, -0.1) is 0 Å². The summed E-state index contributed by atoms with van der Waals surface area (Å²) in [6.45, 7) is -0.0263. The zero-order valence-electron chi connectivity index (χ0n) is 14.8. The summed E-state index contributed by atoms with van der Waals surface area (Å²) in [7, 11) is 3.01. The summed E-state index contributed by atoms with van der Waals surface area (Å²) in [6.07, 6.45) is 0.00837. The molecule has 2 aromatic rings. The molecule has 144 valence electrons. The number of carbonyl (C=O) groups is 2. The Morgan fingerprint density at radius 2 is 1.93 bits per heavy atom. The lowest BCUT2D eigenvalue weighted by atomic mass is 10.1. The monoisotopic (exact) mass is 487 g/mol. The Hall–Kier alpha value is -2.40. The molecule has 0 spiro atoms. The van der Waals surface area contributed by atoms with E-state index in [0.717, 1.165) is 9.26 Å². The van der Waals surface area contributed by atoms with Gasteiger partial charge in [0.2, 0.25) is 0 Å². The van der Waals surface area contributed by atoms with Crippen molar-refractivity contribution in [3.8, 4) is 0 Å². The molecule has 0 radical (unpaired) electrons. The Morgan fingerprint density at radius 1 is 1.15 bits per heavy atom. The fourth-order valence-electron chi connectivity index (χ4n) is 2.15. The van der Waals surface area contributed by atoms with E-state index in [1.807, 2.05) is 22.6 Å². The first-order valence-corrected chi connectivity index (χ1v) is 9.05. The van der Waals surface area contributed by atoms with Crippen molar-refractivity contribution in [1.82, 2.24) is 5.48 Å². The minimum atomic E-state index is -0.532. The van der Waals surface area contributed by atoms with Gasteiger partial charge in [0, 0.05) is 16.3 Å². The first kappa shape index (κ1) is 20.9. The fraction of sp³-hybridized carbons (Fsp3) is 0.222. The molecule has 0 fully saturated rings. The molecule has 2 aromatic carbocycles. The molecular formula is C18H19FIN3O4. The van der Waals surface area contributed by atoms with Gasteiger partial charge in [0.25, 0.3) is 5.91 Å². The van der Waals surface area contributed by atoms with Crippen LogP contribution in [0.4, 0.5) is 21.5 Å². The van der Waals surface area contributed by atoms with E-state index in [0.29, 0.717) is 5.69 Å². The number of nitrogens with one attached hydrogen (secondary N) is 3. The molecule has 0 saturated heterocycles. The summed E-state index contributed by atoms with van der Waals surface area (Å²) in [5.74, 6) is -1.41. The average Bonchev–Trinajstić information content (AvgIpc) is 2.66. The van der Waals surface area contributed by atoms with Gasteiger partial charge >= 0.3 is 5.97 Å². The van der Waals surface area contributed by atoms with E-state index in [1.54, 1.807) is 37.4 Å². The zero-order valence-corrected chi connectivity index (χ0v) is 16.9. The van der Waals surface area contributed by atoms with Gasteiger partial charge < -0.3 is 15.4 Å². The maximum atomic E-state index is 14.2. The molecular weight excluding hydrogens is 468 g/mol. The van der Waals surface area contributed by atoms with E-state index < -0.39 is 17.7 Å². The van der Waals surface area contributed by atoms with E-state index in [4.69, 9.17) is 4.84 Å². The molecule has 2 rings (SSSR count). The topological polar surface area (TPSA) is 88.7 Å². The number of amides is 1. The number of hydrogen-bond acceptors (Lipinski definition) is 6. The van der Waals surface area contributed by atoms with Gasteiger partial charge in [-0.2, -0.15) is 0 Å². The van der Waals surface area contributed by atoms with Crippen molar-refractivity contribution in [2.45, 2.75) is 6.42 Å². The summed E-state index contributed by atoms with van der Waals surface area (Å²) in [5.41, 5.74) is 3.90. The summed E-state index contributed by atoms with van der Waals surface area (Å²) in [6, 6.07) is 9.71. The Morgan fingerprint density at radius 3 is 2.59 bits per heavy atom. The minimum absolute atomic E-state index is 0.00837. The highest BCUT2D eigenvalue weighted by Crippen LogP contribution is 2.27. The maximum Gasteiger partial charge on any atom is 0.307 e. The van der Waals surface area contributed by atoms with E-state index in [1.165, 1.54) is 13.2 Å². The van der Waals surface area contributed by atoms with Crippen molar-refractivity contribution < 1.29 is 23.6 Å². The quantitative estimate of drug-likeness (QED) is 0.229. The first-order chi connectivity index (χ1) is 12.9. The molecule has 9 heteroatoms. The number of halogens is 2. The van der Waals surface area contributed by atoms with Gasteiger partial charge in [-0.1, -0.05) is 0 Å². The van der Waals surface area contributed by atoms with Gasteiger partial charge in [-0.3, -0.25) is 14.4 Å². The Kier molecular flexibility index (Phi) is 7.80. The Balaban J connectivity index is 2.15. The van der Waals surface area contributed by atoms with Crippen LogP contribution in [-0.4, -0.2) is 32.6 Å². The fourth-order valence-corrected chi connectivity index (χ4v) is 2.60. The van der Waals surface area contributed by atoms with Crippen LogP contribution in [0.15, 0.2) is 36.4 Å². The molecule has 3 N–H and O–H groups in total. The molecule has 7 nitrogen and oxygen atoms in total. The van der Waals surface area contributed by atoms with Crippen molar-refractivity contribution in [3.05, 3.63) is 51.3 Å². The van der Waals surface area contributed by atoms with E-state index in [9.17, 15) is 14.0 Å². The van der Waals surface area contributed by atoms with Crippen LogP contribution in [0.5, 0.6) is 0 Å².